The summed E-state index contributed by atoms with van der Waals surface area (Å²) in [5.41, 5.74) is 5.36. The second-order valence-electron chi connectivity index (χ2n) is 4.36. The molecule has 18 heavy (non-hydrogen) atoms. The van der Waals surface area contributed by atoms with Crippen molar-refractivity contribution in [1.82, 2.24) is 15.5 Å². The summed E-state index contributed by atoms with van der Waals surface area (Å²) in [6, 6.07) is 0.342. The maximum absolute atomic E-state index is 11.7. The summed E-state index contributed by atoms with van der Waals surface area (Å²) in [4.78, 5) is 11.7. The van der Waals surface area contributed by atoms with Crippen LogP contribution in [-0.4, -0.2) is 27.9 Å². The van der Waals surface area contributed by atoms with Crippen LogP contribution >= 0.6 is 11.8 Å². The Hall–Kier alpha value is -1.08. The lowest BCUT2D eigenvalue weighted by Gasteiger charge is -2.22. The third-order valence-electron chi connectivity index (χ3n) is 2.92. The molecule has 1 amide bonds. The van der Waals surface area contributed by atoms with E-state index in [1.165, 1.54) is 31.0 Å². The van der Waals surface area contributed by atoms with E-state index in [0.29, 0.717) is 22.9 Å². The van der Waals surface area contributed by atoms with Crippen LogP contribution in [0.1, 0.15) is 38.0 Å². The molecule has 0 saturated heterocycles. The van der Waals surface area contributed by atoms with Gasteiger partial charge >= 0.3 is 0 Å². The van der Waals surface area contributed by atoms with Crippen LogP contribution in [0.25, 0.3) is 0 Å². The van der Waals surface area contributed by atoms with Gasteiger partial charge in [-0.15, -0.1) is 10.2 Å². The first-order valence-corrected chi connectivity index (χ1v) is 7.21. The summed E-state index contributed by atoms with van der Waals surface area (Å²) in [5.74, 6) is 0.729. The molecule has 1 saturated carbocycles. The van der Waals surface area contributed by atoms with Gasteiger partial charge in [-0.1, -0.05) is 31.0 Å². The summed E-state index contributed by atoms with van der Waals surface area (Å²) >= 11 is 1.25. The average Bonchev–Trinajstić information content (AvgIpc) is 2.85. The maximum atomic E-state index is 11.7. The molecule has 1 aliphatic carbocycles. The lowest BCUT2D eigenvalue weighted by molar-refractivity contribution is -0.119. The molecular formula is C11H18N4O2S. The number of amides is 1. The number of nitrogens with one attached hydrogen (secondary N) is 1. The zero-order chi connectivity index (χ0) is 12.8. The van der Waals surface area contributed by atoms with Gasteiger partial charge in [0.15, 0.2) is 0 Å². The molecule has 0 aromatic carbocycles. The molecule has 1 aromatic heterocycles. The summed E-state index contributed by atoms with van der Waals surface area (Å²) in [5, 5.41) is 11.0. The summed E-state index contributed by atoms with van der Waals surface area (Å²) in [6.07, 6.45) is 5.89. The van der Waals surface area contributed by atoms with Gasteiger partial charge in [-0.05, 0) is 12.8 Å². The predicted molar refractivity (Wildman–Crippen MR) is 67.9 cm³/mol. The summed E-state index contributed by atoms with van der Waals surface area (Å²) in [6.45, 7) is 0.224. The van der Waals surface area contributed by atoms with E-state index in [0.717, 1.165) is 12.8 Å². The molecule has 2 rings (SSSR count). The molecule has 1 aromatic rings. The molecular weight excluding hydrogens is 252 g/mol. The number of carbonyl (C=O) groups excluding carboxylic acids is 1. The third-order valence-corrected chi connectivity index (χ3v) is 3.74. The van der Waals surface area contributed by atoms with Crippen LogP contribution in [0.2, 0.25) is 0 Å². The van der Waals surface area contributed by atoms with Crippen LogP contribution in [0, 0.1) is 0 Å². The molecule has 0 unspecified atom stereocenters. The van der Waals surface area contributed by atoms with E-state index in [1.54, 1.807) is 0 Å². The standard InChI is InChI=1S/C11H18N4O2S/c12-6-10-14-15-11(17-10)18-7-9(16)13-8-4-2-1-3-5-8/h8H,1-7,12H2,(H,13,16). The molecule has 7 heteroatoms. The smallest absolute Gasteiger partial charge is 0.277 e. The van der Waals surface area contributed by atoms with E-state index in [2.05, 4.69) is 15.5 Å². The van der Waals surface area contributed by atoms with E-state index in [1.807, 2.05) is 0 Å². The molecule has 1 heterocycles. The fraction of sp³-hybridized carbons (Fsp3) is 0.727. The highest BCUT2D eigenvalue weighted by Crippen LogP contribution is 2.19. The van der Waals surface area contributed by atoms with Crippen LogP contribution < -0.4 is 11.1 Å². The molecule has 6 nitrogen and oxygen atoms in total. The average molecular weight is 270 g/mol. The monoisotopic (exact) mass is 270 g/mol. The zero-order valence-electron chi connectivity index (χ0n) is 10.2. The second kappa shape index (κ2) is 6.75. The number of hydrogen-bond donors (Lipinski definition) is 2. The number of carbonyl (C=O) groups is 1. The van der Waals surface area contributed by atoms with E-state index in [-0.39, 0.29) is 12.5 Å². The number of rotatable bonds is 5. The van der Waals surface area contributed by atoms with Gasteiger partial charge < -0.3 is 15.5 Å². The fourth-order valence-electron chi connectivity index (χ4n) is 2.02. The number of aromatic nitrogens is 2. The van der Waals surface area contributed by atoms with Gasteiger partial charge in [0, 0.05) is 6.04 Å². The van der Waals surface area contributed by atoms with Gasteiger partial charge in [0.1, 0.15) is 0 Å². The second-order valence-corrected chi connectivity index (χ2v) is 5.28. The van der Waals surface area contributed by atoms with Crippen molar-refractivity contribution in [2.24, 2.45) is 5.73 Å². The molecule has 0 spiro atoms. The number of thioether (sulfide) groups is 1. The molecule has 100 valence electrons. The minimum absolute atomic E-state index is 0.0272. The van der Waals surface area contributed by atoms with Gasteiger partial charge in [-0.3, -0.25) is 4.79 Å². The van der Waals surface area contributed by atoms with Crippen molar-refractivity contribution >= 4 is 17.7 Å². The maximum Gasteiger partial charge on any atom is 0.277 e. The Morgan fingerprint density at radius 1 is 1.39 bits per heavy atom. The van der Waals surface area contributed by atoms with Crippen LogP contribution in [0.15, 0.2) is 9.64 Å². The van der Waals surface area contributed by atoms with Crippen molar-refractivity contribution < 1.29 is 9.21 Å². The van der Waals surface area contributed by atoms with E-state index >= 15 is 0 Å². The van der Waals surface area contributed by atoms with Crippen molar-refractivity contribution in [2.75, 3.05) is 5.75 Å². The first-order valence-electron chi connectivity index (χ1n) is 6.22. The van der Waals surface area contributed by atoms with Gasteiger partial charge in [0.05, 0.1) is 12.3 Å². The van der Waals surface area contributed by atoms with E-state index in [9.17, 15) is 4.79 Å². The highest BCUT2D eigenvalue weighted by molar-refractivity contribution is 7.99. The molecule has 1 aliphatic rings. The molecule has 1 fully saturated rings. The normalized spacial score (nSPS) is 16.7. The molecule has 0 aliphatic heterocycles. The minimum atomic E-state index is 0.0272. The van der Waals surface area contributed by atoms with Crippen LogP contribution in [-0.2, 0) is 11.3 Å². The van der Waals surface area contributed by atoms with Crippen LogP contribution in [0.4, 0.5) is 0 Å². The highest BCUT2D eigenvalue weighted by Gasteiger charge is 2.16. The molecule has 3 N–H and O–H groups in total. The first kappa shape index (κ1) is 13.4. The molecule has 0 radical (unpaired) electrons. The van der Waals surface area contributed by atoms with Crippen LogP contribution in [0.5, 0.6) is 0 Å². The topological polar surface area (TPSA) is 94.0 Å². The largest absolute Gasteiger partial charge is 0.415 e. The van der Waals surface area contributed by atoms with Crippen molar-refractivity contribution in [1.29, 1.82) is 0 Å². The number of nitrogens with zero attached hydrogens (tertiary/aromatic N) is 2. The van der Waals surface area contributed by atoms with E-state index < -0.39 is 0 Å². The number of nitrogens with two attached hydrogens (primary N) is 1. The van der Waals surface area contributed by atoms with Crippen molar-refractivity contribution in [3.05, 3.63) is 5.89 Å². The molecule has 0 atom stereocenters. The van der Waals surface area contributed by atoms with Gasteiger partial charge in [-0.25, -0.2) is 0 Å². The zero-order valence-corrected chi connectivity index (χ0v) is 11.0. The Labute approximate surface area is 110 Å². The van der Waals surface area contributed by atoms with E-state index in [4.69, 9.17) is 10.2 Å². The Balaban J connectivity index is 1.70. The Bertz CT molecular complexity index is 390. The lowest BCUT2D eigenvalue weighted by Crippen LogP contribution is -2.37. The van der Waals surface area contributed by atoms with Gasteiger partial charge in [-0.2, -0.15) is 0 Å². The SMILES string of the molecule is NCc1nnc(SCC(=O)NC2CCCCC2)o1. The van der Waals surface area contributed by atoms with Crippen molar-refractivity contribution in [2.45, 2.75) is 49.9 Å². The predicted octanol–water partition coefficient (Wildman–Crippen LogP) is 1.07. The highest BCUT2D eigenvalue weighted by atomic mass is 32.2. The lowest BCUT2D eigenvalue weighted by atomic mass is 9.95. The minimum Gasteiger partial charge on any atom is -0.415 e. The van der Waals surface area contributed by atoms with Crippen molar-refractivity contribution in [3.63, 3.8) is 0 Å². The third kappa shape index (κ3) is 3.99. The van der Waals surface area contributed by atoms with Crippen LogP contribution in [0.3, 0.4) is 0 Å². The Morgan fingerprint density at radius 3 is 2.83 bits per heavy atom. The van der Waals surface area contributed by atoms with Gasteiger partial charge in [0.2, 0.25) is 11.8 Å². The number of hydrogen-bond acceptors (Lipinski definition) is 6. The Kier molecular flexibility index (Phi) is 5.00. The fourth-order valence-corrected chi connectivity index (χ4v) is 2.61. The van der Waals surface area contributed by atoms with Gasteiger partial charge in [0.25, 0.3) is 5.22 Å². The quantitative estimate of drug-likeness (QED) is 0.777. The summed E-state index contributed by atoms with van der Waals surface area (Å²) < 4.78 is 5.21. The summed E-state index contributed by atoms with van der Waals surface area (Å²) in [7, 11) is 0. The Morgan fingerprint density at radius 2 is 2.17 bits per heavy atom. The molecule has 0 bridgehead atoms. The first-order chi connectivity index (χ1) is 8.78. The van der Waals surface area contributed by atoms with Crippen molar-refractivity contribution in [3.8, 4) is 0 Å².